The summed E-state index contributed by atoms with van der Waals surface area (Å²) in [6.07, 6.45) is 15.8. The summed E-state index contributed by atoms with van der Waals surface area (Å²) in [6.45, 7) is 2.66. The van der Waals surface area contributed by atoms with Crippen LogP contribution >= 0.6 is 11.3 Å². The van der Waals surface area contributed by atoms with Crippen molar-refractivity contribution in [3.05, 3.63) is 52.0 Å². The van der Waals surface area contributed by atoms with Crippen molar-refractivity contribution < 1.29 is 4.74 Å². The third-order valence-corrected chi connectivity index (χ3v) is 7.26. The van der Waals surface area contributed by atoms with Gasteiger partial charge in [-0.1, -0.05) is 24.8 Å². The molecule has 4 rings (SSSR count). The minimum Gasteiger partial charge on any atom is -0.375 e. The standard InChI is InChI=1S/C23H28N2OS/c1-2-19-8-16-27-20(19)17-24-14-11-22(21-7-3-6-13-25-21)12-15-26-23(18-22)9-4-5-10-23/h1,3,6-8,13,16,24H,4-5,9-12,14-15,17-18H2. The molecule has 0 aromatic carbocycles. The fourth-order valence-electron chi connectivity index (χ4n) is 4.93. The number of pyridine rings is 1. The molecular weight excluding hydrogens is 352 g/mol. The molecule has 2 fully saturated rings. The minimum absolute atomic E-state index is 0.0835. The average Bonchev–Trinajstić information content (AvgIpc) is 3.35. The highest BCUT2D eigenvalue weighted by molar-refractivity contribution is 7.10. The molecule has 0 amide bonds. The van der Waals surface area contributed by atoms with Crippen molar-refractivity contribution in [1.29, 1.82) is 0 Å². The van der Waals surface area contributed by atoms with Gasteiger partial charge in [0.2, 0.25) is 0 Å². The maximum atomic E-state index is 6.33. The first-order valence-electron chi connectivity index (χ1n) is 10.0. The summed E-state index contributed by atoms with van der Waals surface area (Å²) >= 11 is 1.73. The van der Waals surface area contributed by atoms with Crippen LogP contribution in [0.3, 0.4) is 0 Å². The molecule has 1 aliphatic carbocycles. The molecule has 3 heterocycles. The van der Waals surface area contributed by atoms with Crippen LogP contribution in [-0.4, -0.2) is 23.7 Å². The van der Waals surface area contributed by atoms with Gasteiger partial charge in [0.1, 0.15) is 0 Å². The summed E-state index contributed by atoms with van der Waals surface area (Å²) < 4.78 is 6.33. The predicted octanol–water partition coefficient (Wildman–Crippen LogP) is 4.67. The normalized spacial score (nSPS) is 24.1. The lowest BCUT2D eigenvalue weighted by atomic mass is 9.68. The monoisotopic (exact) mass is 380 g/mol. The van der Waals surface area contributed by atoms with E-state index in [1.54, 1.807) is 11.3 Å². The molecule has 1 atom stereocenters. The third-order valence-electron chi connectivity index (χ3n) is 6.34. The summed E-state index contributed by atoms with van der Waals surface area (Å²) in [4.78, 5) is 6.03. The summed E-state index contributed by atoms with van der Waals surface area (Å²) in [7, 11) is 0. The number of rotatable bonds is 6. The van der Waals surface area contributed by atoms with Crippen LogP contribution in [-0.2, 0) is 16.7 Å². The SMILES string of the molecule is C#Cc1ccsc1CNCCC1(c2ccccn2)CCOC2(CCCC2)C1. The Hall–Kier alpha value is -1.67. The molecule has 1 spiro atoms. The molecule has 1 saturated heterocycles. The molecule has 27 heavy (non-hydrogen) atoms. The highest BCUT2D eigenvalue weighted by Crippen LogP contribution is 2.49. The molecule has 0 radical (unpaired) electrons. The van der Waals surface area contributed by atoms with Gasteiger partial charge in [-0.15, -0.1) is 17.8 Å². The first kappa shape index (κ1) is 18.7. The van der Waals surface area contributed by atoms with E-state index in [0.717, 1.165) is 44.5 Å². The van der Waals surface area contributed by atoms with Crippen LogP contribution in [0.1, 0.15) is 61.1 Å². The second-order valence-electron chi connectivity index (χ2n) is 7.99. The number of ether oxygens (including phenoxy) is 1. The van der Waals surface area contributed by atoms with E-state index in [4.69, 9.17) is 16.1 Å². The van der Waals surface area contributed by atoms with Gasteiger partial charge in [0.15, 0.2) is 0 Å². The van der Waals surface area contributed by atoms with Crippen LogP contribution in [0.15, 0.2) is 35.8 Å². The summed E-state index contributed by atoms with van der Waals surface area (Å²) in [5, 5.41) is 5.70. The van der Waals surface area contributed by atoms with Crippen LogP contribution in [0.4, 0.5) is 0 Å². The van der Waals surface area contributed by atoms with E-state index in [1.165, 1.54) is 36.3 Å². The van der Waals surface area contributed by atoms with Gasteiger partial charge in [-0.3, -0.25) is 4.98 Å². The average molecular weight is 381 g/mol. The van der Waals surface area contributed by atoms with Crippen LogP contribution in [0.2, 0.25) is 0 Å². The van der Waals surface area contributed by atoms with Crippen molar-refractivity contribution in [2.45, 2.75) is 62.5 Å². The predicted molar refractivity (Wildman–Crippen MR) is 111 cm³/mol. The first-order chi connectivity index (χ1) is 13.3. The third kappa shape index (κ3) is 3.96. The Morgan fingerprint density at radius 2 is 2.11 bits per heavy atom. The molecule has 1 unspecified atom stereocenters. The van der Waals surface area contributed by atoms with E-state index in [2.05, 4.69) is 28.8 Å². The van der Waals surface area contributed by atoms with E-state index < -0.39 is 0 Å². The summed E-state index contributed by atoms with van der Waals surface area (Å²) in [5.41, 5.74) is 2.45. The van der Waals surface area contributed by atoms with Crippen molar-refractivity contribution in [2.75, 3.05) is 13.2 Å². The number of thiophene rings is 1. The summed E-state index contributed by atoms with van der Waals surface area (Å²) in [6, 6.07) is 8.38. The number of nitrogens with zero attached hydrogens (tertiary/aromatic N) is 1. The largest absolute Gasteiger partial charge is 0.375 e. The molecule has 142 valence electrons. The van der Waals surface area contributed by atoms with E-state index >= 15 is 0 Å². The van der Waals surface area contributed by atoms with Crippen molar-refractivity contribution in [3.8, 4) is 12.3 Å². The van der Waals surface area contributed by atoms with E-state index in [1.807, 2.05) is 18.3 Å². The van der Waals surface area contributed by atoms with Gasteiger partial charge in [0, 0.05) is 40.9 Å². The first-order valence-corrected chi connectivity index (χ1v) is 10.9. The van der Waals surface area contributed by atoms with Crippen molar-refractivity contribution >= 4 is 11.3 Å². The Morgan fingerprint density at radius 1 is 1.22 bits per heavy atom. The Morgan fingerprint density at radius 3 is 2.89 bits per heavy atom. The lowest BCUT2D eigenvalue weighted by Crippen LogP contribution is -2.47. The quantitative estimate of drug-likeness (QED) is 0.584. The molecule has 1 N–H and O–H groups in total. The lowest BCUT2D eigenvalue weighted by Gasteiger charge is -2.46. The fourth-order valence-corrected chi connectivity index (χ4v) is 5.74. The summed E-state index contributed by atoms with van der Waals surface area (Å²) in [5.74, 6) is 2.78. The number of hydrogen-bond donors (Lipinski definition) is 1. The lowest BCUT2D eigenvalue weighted by molar-refractivity contribution is -0.104. The van der Waals surface area contributed by atoms with Gasteiger partial charge < -0.3 is 10.1 Å². The zero-order valence-corrected chi connectivity index (χ0v) is 16.7. The second-order valence-corrected chi connectivity index (χ2v) is 8.99. The van der Waals surface area contributed by atoms with Crippen molar-refractivity contribution in [1.82, 2.24) is 10.3 Å². The number of aromatic nitrogens is 1. The molecule has 4 heteroatoms. The number of hydrogen-bond acceptors (Lipinski definition) is 4. The second kappa shape index (κ2) is 8.14. The number of nitrogens with one attached hydrogen (secondary N) is 1. The van der Waals surface area contributed by atoms with Crippen molar-refractivity contribution in [2.24, 2.45) is 0 Å². The molecule has 0 bridgehead atoms. The Balaban J connectivity index is 1.47. The molecule has 2 aliphatic rings. The Labute approximate surface area is 166 Å². The topological polar surface area (TPSA) is 34.2 Å². The Kier molecular flexibility index (Phi) is 5.63. The zero-order valence-electron chi connectivity index (χ0n) is 15.9. The zero-order chi connectivity index (χ0) is 18.6. The van der Waals surface area contributed by atoms with Gasteiger partial charge in [0.25, 0.3) is 0 Å². The van der Waals surface area contributed by atoms with E-state index in [-0.39, 0.29) is 11.0 Å². The smallest absolute Gasteiger partial charge is 0.0691 e. The highest BCUT2D eigenvalue weighted by atomic mass is 32.1. The maximum absolute atomic E-state index is 6.33. The number of terminal acetylenes is 1. The van der Waals surface area contributed by atoms with Gasteiger partial charge in [-0.2, -0.15) is 0 Å². The molecule has 1 saturated carbocycles. The van der Waals surface area contributed by atoms with Crippen molar-refractivity contribution in [3.63, 3.8) is 0 Å². The van der Waals surface area contributed by atoms with Crippen LogP contribution in [0, 0.1) is 12.3 Å². The maximum Gasteiger partial charge on any atom is 0.0691 e. The van der Waals surface area contributed by atoms with E-state index in [9.17, 15) is 0 Å². The molecule has 3 nitrogen and oxygen atoms in total. The molecule has 2 aromatic heterocycles. The minimum atomic E-state index is 0.0835. The fraction of sp³-hybridized carbons (Fsp3) is 0.522. The van der Waals surface area contributed by atoms with Gasteiger partial charge in [0.05, 0.1) is 5.60 Å². The van der Waals surface area contributed by atoms with Crippen LogP contribution in [0.5, 0.6) is 0 Å². The molecule has 1 aliphatic heterocycles. The van der Waals surface area contributed by atoms with Crippen LogP contribution in [0.25, 0.3) is 0 Å². The highest BCUT2D eigenvalue weighted by Gasteiger charge is 2.48. The van der Waals surface area contributed by atoms with Gasteiger partial charge >= 0.3 is 0 Å². The molecular formula is C23H28N2OS. The molecule has 2 aromatic rings. The van der Waals surface area contributed by atoms with Gasteiger partial charge in [-0.25, -0.2) is 0 Å². The van der Waals surface area contributed by atoms with Gasteiger partial charge in [-0.05, 0) is 62.2 Å². The van der Waals surface area contributed by atoms with E-state index in [0.29, 0.717) is 0 Å². The Bertz CT molecular complexity index is 788. The van der Waals surface area contributed by atoms with Crippen LogP contribution < -0.4 is 5.32 Å².